The van der Waals surface area contributed by atoms with Gasteiger partial charge in [0.1, 0.15) is 12.2 Å². The van der Waals surface area contributed by atoms with Crippen LogP contribution in [0.5, 0.6) is 11.5 Å². The van der Waals surface area contributed by atoms with Gasteiger partial charge in [-0.25, -0.2) is 0 Å². The molecule has 2 rings (SSSR count). The molecule has 0 saturated heterocycles. The van der Waals surface area contributed by atoms with Crippen molar-refractivity contribution in [3.8, 4) is 11.5 Å². The number of rotatable bonds is 15. The normalized spacial score (nSPS) is 19.2. The molecule has 2 amide bonds. The summed E-state index contributed by atoms with van der Waals surface area (Å²) in [6.45, 7) is 4.21. The Morgan fingerprint density at radius 2 is 1.97 bits per heavy atom. The van der Waals surface area contributed by atoms with Gasteiger partial charge in [0.2, 0.25) is 11.8 Å². The van der Waals surface area contributed by atoms with Crippen LogP contribution in [-0.2, 0) is 16.2 Å². The Morgan fingerprint density at radius 3 is 2.61 bits per heavy atom. The fourth-order valence-electron chi connectivity index (χ4n) is 4.36. The summed E-state index contributed by atoms with van der Waals surface area (Å²) in [6.07, 6.45) is 7.48. The Bertz CT molecular complexity index is 982. The summed E-state index contributed by atoms with van der Waals surface area (Å²) in [5, 5.41) is 32.9. The molecular formula is C28H41IN2O7. The SMILES string of the molecule is CCC=CC(=O)N(CCCCCC)[C@@H]1CC(C(=O)NCCO)=C[C@H](Oc2c(I)cc(CO)cc2OC)[C@H]1O. The molecule has 38 heavy (non-hydrogen) atoms. The number of nitrogens with zero attached hydrogens (tertiary/aromatic N) is 1. The number of allylic oxidation sites excluding steroid dienone is 1. The Labute approximate surface area is 239 Å². The van der Waals surface area contributed by atoms with E-state index in [9.17, 15) is 24.9 Å². The standard InChI is InChI=1S/C28H41IN2O7/c1-4-6-8-9-12-31(25(34)10-7-5-2)22-16-20(28(36)30-11-13-32)17-23(26(22)35)38-27-21(29)14-19(18-33)15-24(27)37-3/h7,10,14-15,17,22-23,26,32-33,35H,4-6,8-9,11-13,16,18H2,1-3H3,(H,30,36)/t22-,23+,26+/m1/s1. The minimum absolute atomic E-state index is 0.0855. The summed E-state index contributed by atoms with van der Waals surface area (Å²) in [5.41, 5.74) is 1.01. The maximum atomic E-state index is 13.2. The number of nitrogens with one attached hydrogen (secondary N) is 1. The quantitative estimate of drug-likeness (QED) is 0.131. The van der Waals surface area contributed by atoms with Gasteiger partial charge in [0.25, 0.3) is 0 Å². The number of hydrogen-bond donors (Lipinski definition) is 4. The number of halogens is 1. The van der Waals surface area contributed by atoms with Gasteiger partial charge in [-0.05, 0) is 65.3 Å². The highest BCUT2D eigenvalue weighted by atomic mass is 127. The molecule has 0 aliphatic heterocycles. The Kier molecular flexibility index (Phi) is 14.1. The predicted octanol–water partition coefficient (Wildman–Crippen LogP) is 3.08. The second-order valence-corrected chi connectivity index (χ2v) is 10.3. The van der Waals surface area contributed by atoms with Crippen molar-refractivity contribution in [2.45, 2.75) is 77.2 Å². The lowest BCUT2D eigenvalue weighted by Crippen LogP contribution is -2.55. The second-order valence-electron chi connectivity index (χ2n) is 9.19. The third-order valence-electron chi connectivity index (χ3n) is 6.37. The van der Waals surface area contributed by atoms with Gasteiger partial charge in [0.05, 0.1) is 29.9 Å². The lowest BCUT2D eigenvalue weighted by molar-refractivity contribution is -0.133. The zero-order valence-corrected chi connectivity index (χ0v) is 24.6. The van der Waals surface area contributed by atoms with Crippen molar-refractivity contribution >= 4 is 34.4 Å². The number of hydrogen-bond acceptors (Lipinski definition) is 7. The molecule has 9 nitrogen and oxygen atoms in total. The Balaban J connectivity index is 2.47. The highest BCUT2D eigenvalue weighted by Crippen LogP contribution is 2.37. The summed E-state index contributed by atoms with van der Waals surface area (Å²) in [5.74, 6) is 0.147. The van der Waals surface area contributed by atoms with Gasteiger partial charge in [-0.2, -0.15) is 0 Å². The maximum Gasteiger partial charge on any atom is 0.247 e. The van der Waals surface area contributed by atoms with Crippen molar-refractivity contribution in [2.75, 3.05) is 26.8 Å². The number of amides is 2. The molecular weight excluding hydrogens is 603 g/mol. The predicted molar refractivity (Wildman–Crippen MR) is 154 cm³/mol. The van der Waals surface area contributed by atoms with Gasteiger partial charge >= 0.3 is 0 Å². The highest BCUT2D eigenvalue weighted by molar-refractivity contribution is 14.1. The Hall–Kier alpha value is -2.15. The van der Waals surface area contributed by atoms with E-state index in [4.69, 9.17) is 9.47 Å². The molecule has 0 heterocycles. The zero-order chi connectivity index (χ0) is 28.1. The average molecular weight is 645 g/mol. The number of ether oxygens (including phenoxy) is 2. The van der Waals surface area contributed by atoms with Crippen molar-refractivity contribution in [3.63, 3.8) is 0 Å². The molecule has 0 spiro atoms. The van der Waals surface area contributed by atoms with E-state index >= 15 is 0 Å². The van der Waals surface area contributed by atoms with Gasteiger partial charge in [0, 0.05) is 25.1 Å². The minimum Gasteiger partial charge on any atom is -0.493 e. The first-order chi connectivity index (χ1) is 18.3. The van der Waals surface area contributed by atoms with Crippen molar-refractivity contribution in [1.29, 1.82) is 0 Å². The molecule has 0 radical (unpaired) electrons. The summed E-state index contributed by atoms with van der Waals surface area (Å²) in [4.78, 5) is 27.8. The number of aliphatic hydroxyl groups is 3. The first-order valence-electron chi connectivity index (χ1n) is 13.2. The van der Waals surface area contributed by atoms with E-state index in [2.05, 4.69) is 34.8 Å². The van der Waals surface area contributed by atoms with Gasteiger partial charge < -0.3 is 35.0 Å². The number of carbonyl (C=O) groups excluding carboxylic acids is 2. The second kappa shape index (κ2) is 16.7. The van der Waals surface area contributed by atoms with E-state index in [1.807, 2.05) is 6.92 Å². The van der Waals surface area contributed by atoms with Gasteiger partial charge in [-0.3, -0.25) is 9.59 Å². The summed E-state index contributed by atoms with van der Waals surface area (Å²) >= 11 is 2.07. The fourth-order valence-corrected chi connectivity index (χ4v) is 5.15. The van der Waals surface area contributed by atoms with Gasteiger partial charge in [-0.1, -0.05) is 39.2 Å². The lowest BCUT2D eigenvalue weighted by Gasteiger charge is -2.40. The van der Waals surface area contributed by atoms with E-state index in [0.29, 0.717) is 39.2 Å². The molecule has 0 fully saturated rings. The molecule has 0 saturated carbocycles. The van der Waals surface area contributed by atoms with Crippen LogP contribution >= 0.6 is 22.6 Å². The van der Waals surface area contributed by atoms with E-state index in [-0.39, 0.29) is 38.0 Å². The van der Waals surface area contributed by atoms with Crippen LogP contribution in [0.3, 0.4) is 0 Å². The number of carbonyl (C=O) groups is 2. The van der Waals surface area contributed by atoms with Crippen molar-refractivity contribution < 1.29 is 34.4 Å². The number of methoxy groups -OCH3 is 1. The van der Waals surface area contributed by atoms with Crippen molar-refractivity contribution in [2.24, 2.45) is 0 Å². The van der Waals surface area contributed by atoms with Crippen LogP contribution in [0.15, 0.2) is 35.9 Å². The van der Waals surface area contributed by atoms with Crippen LogP contribution < -0.4 is 14.8 Å². The smallest absolute Gasteiger partial charge is 0.247 e. The minimum atomic E-state index is -1.12. The largest absolute Gasteiger partial charge is 0.493 e. The highest BCUT2D eigenvalue weighted by Gasteiger charge is 2.40. The Morgan fingerprint density at radius 1 is 1.21 bits per heavy atom. The lowest BCUT2D eigenvalue weighted by atomic mass is 9.88. The van der Waals surface area contributed by atoms with Gasteiger partial charge in [0.15, 0.2) is 11.5 Å². The average Bonchev–Trinajstić information content (AvgIpc) is 2.92. The molecule has 3 atom stereocenters. The molecule has 0 bridgehead atoms. The summed E-state index contributed by atoms with van der Waals surface area (Å²) in [7, 11) is 1.49. The number of aliphatic hydroxyl groups excluding tert-OH is 3. The molecule has 0 aromatic heterocycles. The van der Waals surface area contributed by atoms with Crippen LogP contribution in [0.25, 0.3) is 0 Å². The monoisotopic (exact) mass is 644 g/mol. The number of benzene rings is 1. The third kappa shape index (κ3) is 8.96. The number of unbranched alkanes of at least 4 members (excludes halogenated alkanes) is 3. The summed E-state index contributed by atoms with van der Waals surface area (Å²) < 4.78 is 12.4. The topological polar surface area (TPSA) is 129 Å². The maximum absolute atomic E-state index is 13.2. The molecule has 0 unspecified atom stereocenters. The van der Waals surface area contributed by atoms with Crippen LogP contribution in [0.1, 0.15) is 57.9 Å². The van der Waals surface area contributed by atoms with Gasteiger partial charge in [-0.15, -0.1) is 0 Å². The molecule has 212 valence electrons. The van der Waals surface area contributed by atoms with Crippen LogP contribution in [-0.4, -0.2) is 77.1 Å². The van der Waals surface area contributed by atoms with E-state index in [0.717, 1.165) is 25.7 Å². The zero-order valence-electron chi connectivity index (χ0n) is 22.5. The first-order valence-corrected chi connectivity index (χ1v) is 14.3. The molecule has 1 aliphatic rings. The van der Waals surface area contributed by atoms with E-state index < -0.39 is 18.2 Å². The molecule has 4 N–H and O–H groups in total. The molecule has 1 aliphatic carbocycles. The van der Waals surface area contributed by atoms with Crippen molar-refractivity contribution in [3.05, 3.63) is 45.1 Å². The summed E-state index contributed by atoms with van der Waals surface area (Å²) in [6, 6.07) is 2.71. The van der Waals surface area contributed by atoms with Crippen LogP contribution in [0.2, 0.25) is 0 Å². The first kappa shape index (κ1) is 32.1. The van der Waals surface area contributed by atoms with E-state index in [1.165, 1.54) is 13.2 Å². The fraction of sp³-hybridized carbons (Fsp3) is 0.571. The van der Waals surface area contributed by atoms with Crippen LogP contribution in [0.4, 0.5) is 0 Å². The van der Waals surface area contributed by atoms with Crippen LogP contribution in [0, 0.1) is 3.57 Å². The molecule has 10 heteroatoms. The van der Waals surface area contributed by atoms with Crippen molar-refractivity contribution in [1.82, 2.24) is 10.2 Å². The van der Waals surface area contributed by atoms with E-state index in [1.54, 1.807) is 29.2 Å². The molecule has 1 aromatic rings. The third-order valence-corrected chi connectivity index (χ3v) is 7.17. The molecule has 1 aromatic carbocycles.